The molecule has 21 heavy (non-hydrogen) atoms. The molecule has 0 radical (unpaired) electrons. The third kappa shape index (κ3) is 3.78. The van der Waals surface area contributed by atoms with Crippen LogP contribution >= 0.6 is 11.3 Å². The molecule has 0 atom stereocenters. The summed E-state index contributed by atoms with van der Waals surface area (Å²) >= 11 is 1.17. The van der Waals surface area contributed by atoms with Gasteiger partial charge in [0.25, 0.3) is 10.0 Å². The Labute approximate surface area is 126 Å². The fraction of sp³-hybridized carbons (Fsp3) is 0.154. The number of hydrogen-bond acceptors (Lipinski definition) is 5. The molecule has 0 aliphatic carbocycles. The molecule has 1 heterocycles. The molecule has 0 amide bonds. The number of rotatable bonds is 3. The Hall–Kier alpha value is -1.95. The summed E-state index contributed by atoms with van der Waals surface area (Å²) in [5.74, 6) is 4.33. The van der Waals surface area contributed by atoms with Gasteiger partial charge < -0.3 is 5.73 Å². The minimum atomic E-state index is -4.02. The topological polar surface area (TPSA) is 85.1 Å². The molecule has 8 heteroatoms. The summed E-state index contributed by atoms with van der Waals surface area (Å²) in [7, 11) is -4.02. The highest BCUT2D eigenvalue weighted by atomic mass is 32.2. The summed E-state index contributed by atoms with van der Waals surface area (Å²) in [6.07, 6.45) is 1.53. The molecule has 0 unspecified atom stereocenters. The van der Waals surface area contributed by atoms with Crippen molar-refractivity contribution in [3.8, 4) is 11.8 Å². The normalized spacial score (nSPS) is 10.8. The molecule has 1 aromatic heterocycles. The number of sulfonamides is 1. The quantitative estimate of drug-likeness (QED) is 0.841. The Morgan fingerprint density at radius 3 is 2.81 bits per heavy atom. The van der Waals surface area contributed by atoms with E-state index in [1.807, 2.05) is 0 Å². The molecule has 5 nitrogen and oxygen atoms in total. The van der Waals surface area contributed by atoms with Crippen molar-refractivity contribution in [3.63, 3.8) is 0 Å². The number of aromatic nitrogens is 1. The lowest BCUT2D eigenvalue weighted by atomic mass is 10.2. The van der Waals surface area contributed by atoms with E-state index in [0.717, 1.165) is 10.9 Å². The van der Waals surface area contributed by atoms with Gasteiger partial charge >= 0.3 is 0 Å². The van der Waals surface area contributed by atoms with E-state index in [-0.39, 0.29) is 11.7 Å². The second-order valence-corrected chi connectivity index (χ2v) is 6.92. The zero-order valence-electron chi connectivity index (χ0n) is 11.1. The minimum Gasteiger partial charge on any atom is -0.320 e. The van der Waals surface area contributed by atoms with Crippen molar-refractivity contribution in [2.24, 2.45) is 5.73 Å². The van der Waals surface area contributed by atoms with Crippen molar-refractivity contribution < 1.29 is 12.8 Å². The van der Waals surface area contributed by atoms with E-state index in [0.29, 0.717) is 5.56 Å². The van der Waals surface area contributed by atoms with Gasteiger partial charge in [0, 0.05) is 16.6 Å². The van der Waals surface area contributed by atoms with Crippen molar-refractivity contribution in [2.75, 3.05) is 11.3 Å². The SMILES string of the molecule is Cc1cnc(NS(=O)(=O)c2ccc(C#CCN)cc2F)s1. The molecule has 3 N–H and O–H groups in total. The lowest BCUT2D eigenvalue weighted by Gasteiger charge is -2.06. The van der Waals surface area contributed by atoms with Crippen LogP contribution in [0.5, 0.6) is 0 Å². The maximum absolute atomic E-state index is 13.9. The van der Waals surface area contributed by atoms with Crippen LogP contribution in [-0.2, 0) is 10.0 Å². The van der Waals surface area contributed by atoms with Crippen LogP contribution in [0.3, 0.4) is 0 Å². The second-order valence-electron chi connectivity index (χ2n) is 4.03. The highest BCUT2D eigenvalue weighted by Gasteiger charge is 2.20. The van der Waals surface area contributed by atoms with Crippen LogP contribution in [-0.4, -0.2) is 19.9 Å². The van der Waals surface area contributed by atoms with Gasteiger partial charge in [0.2, 0.25) is 0 Å². The zero-order valence-corrected chi connectivity index (χ0v) is 12.7. The Balaban J connectivity index is 2.32. The molecule has 0 aliphatic heterocycles. The van der Waals surface area contributed by atoms with Crippen molar-refractivity contribution in [1.29, 1.82) is 0 Å². The molecular formula is C13H12FN3O2S2. The van der Waals surface area contributed by atoms with Crippen molar-refractivity contribution in [2.45, 2.75) is 11.8 Å². The fourth-order valence-electron chi connectivity index (χ4n) is 1.52. The highest BCUT2D eigenvalue weighted by Crippen LogP contribution is 2.22. The van der Waals surface area contributed by atoms with Crippen LogP contribution in [0.1, 0.15) is 10.4 Å². The lowest BCUT2D eigenvalue weighted by molar-refractivity contribution is 0.570. The van der Waals surface area contributed by atoms with Gasteiger partial charge in [-0.25, -0.2) is 17.8 Å². The number of hydrogen-bond donors (Lipinski definition) is 2. The van der Waals surface area contributed by atoms with Crippen molar-refractivity contribution >= 4 is 26.5 Å². The van der Waals surface area contributed by atoms with E-state index >= 15 is 0 Å². The summed E-state index contributed by atoms with van der Waals surface area (Å²) < 4.78 is 40.4. The van der Waals surface area contributed by atoms with Crippen LogP contribution in [0.2, 0.25) is 0 Å². The molecule has 0 aliphatic rings. The fourth-order valence-corrected chi connectivity index (χ4v) is 3.49. The largest absolute Gasteiger partial charge is 0.320 e. The van der Waals surface area contributed by atoms with Gasteiger partial charge in [0.15, 0.2) is 5.13 Å². The summed E-state index contributed by atoms with van der Waals surface area (Å²) in [5.41, 5.74) is 5.59. The predicted molar refractivity (Wildman–Crippen MR) is 80.0 cm³/mol. The number of aryl methyl sites for hydroxylation is 1. The summed E-state index contributed by atoms with van der Waals surface area (Å²) in [5, 5.41) is 0.193. The number of thiazole rings is 1. The Bertz CT molecular complexity index is 819. The Morgan fingerprint density at radius 2 is 2.24 bits per heavy atom. The molecule has 1 aromatic carbocycles. The smallest absolute Gasteiger partial charge is 0.266 e. The standard InChI is InChI=1S/C13H12FN3O2S2/c1-9-8-16-13(20-9)17-21(18,19)12-5-4-10(3-2-6-15)7-11(12)14/h4-5,7-8H,6,15H2,1H3,(H,16,17). The van der Waals surface area contributed by atoms with Crippen LogP contribution in [0, 0.1) is 24.6 Å². The first-order valence-corrected chi connectivity index (χ1v) is 8.16. The Morgan fingerprint density at radius 1 is 1.48 bits per heavy atom. The maximum Gasteiger partial charge on any atom is 0.266 e. The molecule has 0 saturated carbocycles. The maximum atomic E-state index is 13.9. The third-order valence-electron chi connectivity index (χ3n) is 2.40. The zero-order chi connectivity index (χ0) is 15.5. The van der Waals surface area contributed by atoms with E-state index in [2.05, 4.69) is 21.5 Å². The van der Waals surface area contributed by atoms with Crippen LogP contribution < -0.4 is 10.5 Å². The van der Waals surface area contributed by atoms with Crippen molar-refractivity contribution in [3.05, 3.63) is 40.7 Å². The van der Waals surface area contributed by atoms with E-state index in [4.69, 9.17) is 5.73 Å². The molecule has 0 spiro atoms. The second kappa shape index (κ2) is 6.22. The first kappa shape index (κ1) is 15.4. The van der Waals surface area contributed by atoms with E-state index in [1.165, 1.54) is 29.7 Å². The van der Waals surface area contributed by atoms with Crippen LogP contribution in [0.4, 0.5) is 9.52 Å². The van der Waals surface area contributed by atoms with Gasteiger partial charge in [-0.05, 0) is 25.1 Å². The summed E-state index contributed by atoms with van der Waals surface area (Å²) in [4.78, 5) is 4.28. The van der Waals surface area contributed by atoms with E-state index in [1.54, 1.807) is 6.92 Å². The first-order chi connectivity index (χ1) is 9.92. The third-order valence-corrected chi connectivity index (χ3v) is 4.73. The lowest BCUT2D eigenvalue weighted by Crippen LogP contribution is -2.14. The molecule has 110 valence electrons. The summed E-state index contributed by atoms with van der Waals surface area (Å²) in [6.45, 7) is 1.94. The number of nitrogens with two attached hydrogens (primary N) is 1. The monoisotopic (exact) mass is 325 g/mol. The van der Waals surface area contributed by atoms with Gasteiger partial charge in [0.05, 0.1) is 6.54 Å². The predicted octanol–water partition coefficient (Wildman–Crippen LogP) is 1.70. The van der Waals surface area contributed by atoms with Crippen LogP contribution in [0.15, 0.2) is 29.3 Å². The molecule has 0 bridgehead atoms. The Kier molecular flexibility index (Phi) is 4.57. The van der Waals surface area contributed by atoms with Gasteiger partial charge in [-0.1, -0.05) is 11.8 Å². The number of nitrogens with one attached hydrogen (secondary N) is 1. The average molecular weight is 325 g/mol. The number of nitrogens with zero attached hydrogens (tertiary/aromatic N) is 1. The average Bonchev–Trinajstić information content (AvgIpc) is 2.80. The highest BCUT2D eigenvalue weighted by molar-refractivity contribution is 7.93. The van der Waals surface area contributed by atoms with Gasteiger partial charge in [-0.2, -0.15) is 0 Å². The molecule has 2 rings (SSSR count). The first-order valence-electron chi connectivity index (χ1n) is 5.86. The van der Waals surface area contributed by atoms with Gasteiger partial charge in [-0.15, -0.1) is 11.3 Å². The number of benzene rings is 1. The van der Waals surface area contributed by atoms with E-state index < -0.39 is 20.7 Å². The van der Waals surface area contributed by atoms with E-state index in [9.17, 15) is 12.8 Å². The molecule has 2 aromatic rings. The summed E-state index contributed by atoms with van der Waals surface area (Å²) in [6, 6.07) is 3.65. The number of anilines is 1. The van der Waals surface area contributed by atoms with Crippen molar-refractivity contribution in [1.82, 2.24) is 4.98 Å². The van der Waals surface area contributed by atoms with Crippen LogP contribution in [0.25, 0.3) is 0 Å². The molecule has 0 fully saturated rings. The molecular weight excluding hydrogens is 313 g/mol. The number of halogens is 1. The van der Waals surface area contributed by atoms with Gasteiger partial charge in [-0.3, -0.25) is 4.72 Å². The minimum absolute atomic E-state index is 0.145. The van der Waals surface area contributed by atoms with Gasteiger partial charge in [0.1, 0.15) is 10.7 Å². The molecule has 0 saturated heterocycles.